The van der Waals surface area contributed by atoms with E-state index in [1.54, 1.807) is 7.11 Å². The number of methoxy groups -OCH3 is 1. The van der Waals surface area contributed by atoms with Crippen molar-refractivity contribution in [1.82, 2.24) is 0 Å². The minimum atomic E-state index is 0.511. The van der Waals surface area contributed by atoms with E-state index in [1.165, 1.54) is 11.1 Å². The van der Waals surface area contributed by atoms with E-state index in [0.29, 0.717) is 5.92 Å². The lowest BCUT2D eigenvalue weighted by Crippen LogP contribution is -1.99. The number of hydrogen-bond donors (Lipinski definition) is 0. The fraction of sp³-hybridized carbons (Fsp3) is 0.429. The summed E-state index contributed by atoms with van der Waals surface area (Å²) in [6, 6.07) is 6.22. The standard InChI is InChI=1S/C14H20O/c1-5-6-8-11(2)14-12(3)9-7-10-13(14)15-4/h5-7,9-11H,8H2,1-4H3/b6-5-. The molecule has 0 amide bonds. The van der Waals surface area contributed by atoms with E-state index in [0.717, 1.165) is 12.2 Å². The third-order valence-electron chi connectivity index (χ3n) is 2.72. The summed E-state index contributed by atoms with van der Waals surface area (Å²) in [4.78, 5) is 0. The van der Waals surface area contributed by atoms with Gasteiger partial charge in [0, 0.05) is 5.56 Å². The van der Waals surface area contributed by atoms with Crippen molar-refractivity contribution in [2.45, 2.75) is 33.1 Å². The lowest BCUT2D eigenvalue weighted by Gasteiger charge is -2.16. The molecule has 0 bridgehead atoms. The fourth-order valence-electron chi connectivity index (χ4n) is 1.92. The minimum Gasteiger partial charge on any atom is -0.496 e. The summed E-state index contributed by atoms with van der Waals surface area (Å²) >= 11 is 0. The summed E-state index contributed by atoms with van der Waals surface area (Å²) in [5, 5.41) is 0. The molecular formula is C14H20O. The molecule has 1 nitrogen and oxygen atoms in total. The van der Waals surface area contributed by atoms with Crippen LogP contribution in [-0.4, -0.2) is 7.11 Å². The largest absolute Gasteiger partial charge is 0.496 e. The highest BCUT2D eigenvalue weighted by Crippen LogP contribution is 2.31. The van der Waals surface area contributed by atoms with Gasteiger partial charge in [-0.05, 0) is 37.8 Å². The Hall–Kier alpha value is -1.24. The molecular weight excluding hydrogens is 184 g/mol. The van der Waals surface area contributed by atoms with Crippen molar-refractivity contribution in [2.24, 2.45) is 0 Å². The predicted octanol–water partition coefficient (Wildman–Crippen LogP) is 4.07. The van der Waals surface area contributed by atoms with E-state index < -0.39 is 0 Å². The van der Waals surface area contributed by atoms with Crippen LogP contribution in [0.1, 0.15) is 37.3 Å². The van der Waals surface area contributed by atoms with Gasteiger partial charge in [0.1, 0.15) is 5.75 Å². The molecule has 0 aliphatic heterocycles. The first-order valence-corrected chi connectivity index (χ1v) is 5.45. The summed E-state index contributed by atoms with van der Waals surface area (Å²) < 4.78 is 5.40. The summed E-state index contributed by atoms with van der Waals surface area (Å²) in [5.41, 5.74) is 2.64. The van der Waals surface area contributed by atoms with Gasteiger partial charge in [0.2, 0.25) is 0 Å². The molecule has 0 aliphatic rings. The molecule has 82 valence electrons. The quantitative estimate of drug-likeness (QED) is 0.672. The average Bonchev–Trinajstić information content (AvgIpc) is 2.25. The van der Waals surface area contributed by atoms with Crippen LogP contribution in [-0.2, 0) is 0 Å². The molecule has 0 aromatic heterocycles. The number of rotatable bonds is 4. The van der Waals surface area contributed by atoms with Crippen LogP contribution in [0.15, 0.2) is 30.4 Å². The second-order valence-corrected chi connectivity index (χ2v) is 3.90. The first kappa shape index (κ1) is 11.8. The highest BCUT2D eigenvalue weighted by molar-refractivity contribution is 5.42. The van der Waals surface area contributed by atoms with E-state index in [4.69, 9.17) is 4.74 Å². The van der Waals surface area contributed by atoms with Crippen molar-refractivity contribution >= 4 is 0 Å². The van der Waals surface area contributed by atoms with E-state index in [1.807, 2.05) is 12.1 Å². The second-order valence-electron chi connectivity index (χ2n) is 3.90. The topological polar surface area (TPSA) is 9.23 Å². The zero-order chi connectivity index (χ0) is 11.3. The molecule has 1 unspecified atom stereocenters. The summed E-state index contributed by atoms with van der Waals surface area (Å²) in [6.45, 7) is 6.44. The van der Waals surface area contributed by atoms with Gasteiger partial charge in [0.25, 0.3) is 0 Å². The Bertz CT molecular complexity index is 339. The fourth-order valence-corrected chi connectivity index (χ4v) is 1.92. The number of hydrogen-bond acceptors (Lipinski definition) is 1. The predicted molar refractivity (Wildman–Crippen MR) is 65.6 cm³/mol. The van der Waals surface area contributed by atoms with Crippen LogP contribution < -0.4 is 4.74 Å². The van der Waals surface area contributed by atoms with Crippen LogP contribution in [0.3, 0.4) is 0 Å². The number of allylic oxidation sites excluding steroid dienone is 2. The average molecular weight is 204 g/mol. The van der Waals surface area contributed by atoms with Crippen LogP contribution in [0.25, 0.3) is 0 Å². The van der Waals surface area contributed by atoms with E-state index >= 15 is 0 Å². The second kappa shape index (κ2) is 5.59. The normalized spacial score (nSPS) is 13.1. The monoisotopic (exact) mass is 204 g/mol. The van der Waals surface area contributed by atoms with E-state index in [2.05, 4.69) is 39.0 Å². The van der Waals surface area contributed by atoms with Crippen LogP contribution >= 0.6 is 0 Å². The maximum absolute atomic E-state index is 5.40. The van der Waals surface area contributed by atoms with Crippen molar-refractivity contribution in [1.29, 1.82) is 0 Å². The van der Waals surface area contributed by atoms with Crippen LogP contribution in [0.4, 0.5) is 0 Å². The van der Waals surface area contributed by atoms with Crippen molar-refractivity contribution in [3.8, 4) is 5.75 Å². The molecule has 0 saturated heterocycles. The number of aryl methyl sites for hydroxylation is 1. The third-order valence-corrected chi connectivity index (χ3v) is 2.72. The van der Waals surface area contributed by atoms with Gasteiger partial charge < -0.3 is 4.74 Å². The Labute approximate surface area is 92.8 Å². The van der Waals surface area contributed by atoms with Crippen LogP contribution in [0, 0.1) is 6.92 Å². The minimum absolute atomic E-state index is 0.511. The molecule has 1 rings (SSSR count). The molecule has 1 aromatic carbocycles. The summed E-state index contributed by atoms with van der Waals surface area (Å²) in [6.07, 6.45) is 5.37. The molecule has 0 heterocycles. The molecule has 0 N–H and O–H groups in total. The maximum atomic E-state index is 5.40. The lowest BCUT2D eigenvalue weighted by atomic mass is 9.92. The Morgan fingerprint density at radius 2 is 2.13 bits per heavy atom. The first-order valence-electron chi connectivity index (χ1n) is 5.45. The molecule has 0 aliphatic carbocycles. The molecule has 0 radical (unpaired) electrons. The highest BCUT2D eigenvalue weighted by Gasteiger charge is 2.12. The smallest absolute Gasteiger partial charge is 0.122 e. The highest BCUT2D eigenvalue weighted by atomic mass is 16.5. The first-order chi connectivity index (χ1) is 7.20. The Balaban J connectivity index is 2.99. The van der Waals surface area contributed by atoms with Gasteiger partial charge in [0.15, 0.2) is 0 Å². The Kier molecular flexibility index (Phi) is 4.41. The van der Waals surface area contributed by atoms with Gasteiger partial charge in [-0.1, -0.05) is 31.2 Å². The van der Waals surface area contributed by atoms with Crippen molar-refractivity contribution < 1.29 is 4.74 Å². The maximum Gasteiger partial charge on any atom is 0.122 e. The molecule has 0 spiro atoms. The van der Waals surface area contributed by atoms with Crippen molar-refractivity contribution in [2.75, 3.05) is 7.11 Å². The summed E-state index contributed by atoms with van der Waals surface area (Å²) in [7, 11) is 1.74. The Morgan fingerprint density at radius 3 is 2.73 bits per heavy atom. The molecule has 0 fully saturated rings. The van der Waals surface area contributed by atoms with Crippen LogP contribution in [0.2, 0.25) is 0 Å². The number of ether oxygens (including phenoxy) is 1. The zero-order valence-corrected chi connectivity index (χ0v) is 10.1. The van der Waals surface area contributed by atoms with Crippen LogP contribution in [0.5, 0.6) is 5.75 Å². The number of benzene rings is 1. The molecule has 15 heavy (non-hydrogen) atoms. The van der Waals surface area contributed by atoms with E-state index in [9.17, 15) is 0 Å². The molecule has 0 saturated carbocycles. The lowest BCUT2D eigenvalue weighted by molar-refractivity contribution is 0.406. The van der Waals surface area contributed by atoms with Gasteiger partial charge in [-0.25, -0.2) is 0 Å². The van der Waals surface area contributed by atoms with Crippen molar-refractivity contribution in [3.63, 3.8) is 0 Å². The van der Waals surface area contributed by atoms with Gasteiger partial charge in [-0.15, -0.1) is 0 Å². The molecule has 1 atom stereocenters. The third kappa shape index (κ3) is 2.85. The van der Waals surface area contributed by atoms with Gasteiger partial charge >= 0.3 is 0 Å². The molecule has 1 heteroatoms. The van der Waals surface area contributed by atoms with Gasteiger partial charge in [-0.3, -0.25) is 0 Å². The van der Waals surface area contributed by atoms with Gasteiger partial charge in [-0.2, -0.15) is 0 Å². The zero-order valence-electron chi connectivity index (χ0n) is 10.1. The summed E-state index contributed by atoms with van der Waals surface area (Å²) in [5.74, 6) is 1.52. The Morgan fingerprint density at radius 1 is 1.40 bits per heavy atom. The van der Waals surface area contributed by atoms with Gasteiger partial charge in [0.05, 0.1) is 7.11 Å². The van der Waals surface area contributed by atoms with Crippen molar-refractivity contribution in [3.05, 3.63) is 41.5 Å². The molecule has 1 aromatic rings. The van der Waals surface area contributed by atoms with E-state index in [-0.39, 0.29) is 0 Å². The SMILES string of the molecule is C/C=C\CC(C)c1c(C)cccc1OC.